The number of benzene rings is 2. The number of amides is 1. The van der Waals surface area contributed by atoms with Crippen LogP contribution in [0.2, 0.25) is 0 Å². The highest BCUT2D eigenvalue weighted by molar-refractivity contribution is 6.00. The fourth-order valence-corrected chi connectivity index (χ4v) is 4.15. The van der Waals surface area contributed by atoms with Gasteiger partial charge in [-0.25, -0.2) is 0 Å². The standard InChI is InChI=1S/C23H23N3O3/c1-15(27)25-20-12-18-19(13-23(20)29-17-8-11-28-14-17)24-9-6-22(18)26-10-7-16-4-2-3-5-21(16)26/h2-6,9,12-13,17H,7-8,10-11,14H2,1H3,(H,25,27). The van der Waals surface area contributed by atoms with E-state index in [1.807, 2.05) is 24.4 Å². The Labute approximate surface area is 169 Å². The minimum absolute atomic E-state index is 0.00593. The third kappa shape index (κ3) is 3.40. The zero-order valence-electron chi connectivity index (χ0n) is 16.4. The van der Waals surface area contributed by atoms with Gasteiger partial charge in [-0.1, -0.05) is 18.2 Å². The van der Waals surface area contributed by atoms with Gasteiger partial charge in [0.25, 0.3) is 0 Å². The zero-order valence-corrected chi connectivity index (χ0v) is 16.4. The number of para-hydroxylation sites is 1. The average molecular weight is 389 g/mol. The Morgan fingerprint density at radius 1 is 1.24 bits per heavy atom. The number of ether oxygens (including phenoxy) is 2. The van der Waals surface area contributed by atoms with Crippen LogP contribution >= 0.6 is 0 Å². The first-order valence-corrected chi connectivity index (χ1v) is 9.99. The molecule has 1 unspecified atom stereocenters. The molecule has 0 radical (unpaired) electrons. The van der Waals surface area contributed by atoms with E-state index in [0.29, 0.717) is 24.7 Å². The van der Waals surface area contributed by atoms with E-state index >= 15 is 0 Å². The van der Waals surface area contributed by atoms with Gasteiger partial charge in [0.15, 0.2) is 0 Å². The van der Waals surface area contributed by atoms with Crippen molar-refractivity contribution >= 4 is 33.9 Å². The number of rotatable bonds is 4. The number of hydrogen-bond acceptors (Lipinski definition) is 5. The van der Waals surface area contributed by atoms with E-state index in [4.69, 9.17) is 9.47 Å². The molecule has 3 heterocycles. The van der Waals surface area contributed by atoms with Crippen LogP contribution in [0.3, 0.4) is 0 Å². The van der Waals surface area contributed by atoms with Crippen LogP contribution in [0.15, 0.2) is 48.7 Å². The molecule has 1 fully saturated rings. The molecule has 3 aromatic rings. The number of carbonyl (C=O) groups is 1. The molecule has 29 heavy (non-hydrogen) atoms. The monoisotopic (exact) mass is 389 g/mol. The van der Waals surface area contributed by atoms with E-state index in [1.165, 1.54) is 18.2 Å². The summed E-state index contributed by atoms with van der Waals surface area (Å²) in [6.45, 7) is 3.69. The fourth-order valence-electron chi connectivity index (χ4n) is 4.15. The fraction of sp³-hybridized carbons (Fsp3) is 0.304. The van der Waals surface area contributed by atoms with Crippen molar-refractivity contribution in [2.75, 3.05) is 30.0 Å². The van der Waals surface area contributed by atoms with Gasteiger partial charge >= 0.3 is 0 Å². The lowest BCUT2D eigenvalue weighted by Gasteiger charge is -2.23. The lowest BCUT2D eigenvalue weighted by atomic mass is 10.1. The third-order valence-corrected chi connectivity index (χ3v) is 5.49. The van der Waals surface area contributed by atoms with E-state index in [0.717, 1.165) is 36.0 Å². The van der Waals surface area contributed by atoms with Crippen LogP contribution in [0.4, 0.5) is 17.1 Å². The molecule has 6 heteroatoms. The summed E-state index contributed by atoms with van der Waals surface area (Å²) in [4.78, 5) is 18.7. The first-order valence-electron chi connectivity index (χ1n) is 9.99. The quantitative estimate of drug-likeness (QED) is 0.729. The molecular formula is C23H23N3O3. The van der Waals surface area contributed by atoms with Crippen molar-refractivity contribution in [1.82, 2.24) is 4.98 Å². The Balaban J connectivity index is 1.60. The van der Waals surface area contributed by atoms with Gasteiger partial charge in [0.05, 0.1) is 30.1 Å². The molecule has 0 bridgehead atoms. The van der Waals surface area contributed by atoms with Gasteiger partial charge in [-0.05, 0) is 30.2 Å². The van der Waals surface area contributed by atoms with Crippen LogP contribution in [0.25, 0.3) is 10.9 Å². The van der Waals surface area contributed by atoms with Gasteiger partial charge in [0, 0.05) is 43.2 Å². The Bertz CT molecular complexity index is 1080. The number of aromatic nitrogens is 1. The molecule has 0 aliphatic carbocycles. The first kappa shape index (κ1) is 17.9. The second kappa shape index (κ2) is 7.37. The molecule has 1 atom stereocenters. The highest BCUT2D eigenvalue weighted by Crippen LogP contribution is 2.40. The van der Waals surface area contributed by atoms with Gasteiger partial charge in [0.2, 0.25) is 5.91 Å². The van der Waals surface area contributed by atoms with Crippen molar-refractivity contribution in [3.8, 4) is 5.75 Å². The zero-order chi connectivity index (χ0) is 19.8. The van der Waals surface area contributed by atoms with Crippen molar-refractivity contribution < 1.29 is 14.3 Å². The summed E-state index contributed by atoms with van der Waals surface area (Å²) in [5, 5.41) is 3.91. The summed E-state index contributed by atoms with van der Waals surface area (Å²) >= 11 is 0. The largest absolute Gasteiger partial charge is 0.486 e. The number of hydrogen-bond donors (Lipinski definition) is 1. The number of nitrogens with one attached hydrogen (secondary N) is 1. The summed E-state index contributed by atoms with van der Waals surface area (Å²) in [6.07, 6.45) is 3.68. The maximum absolute atomic E-state index is 11.8. The van der Waals surface area contributed by atoms with Crippen molar-refractivity contribution in [2.24, 2.45) is 0 Å². The maximum Gasteiger partial charge on any atom is 0.221 e. The highest BCUT2D eigenvalue weighted by Gasteiger charge is 2.24. The Hall–Kier alpha value is -3.12. The van der Waals surface area contributed by atoms with Crippen LogP contribution in [-0.4, -0.2) is 36.8 Å². The number of fused-ring (bicyclic) bond motifs is 2. The minimum Gasteiger partial charge on any atom is -0.486 e. The topological polar surface area (TPSA) is 63.7 Å². The average Bonchev–Trinajstić information content (AvgIpc) is 3.37. The normalized spacial score (nSPS) is 18.1. The summed E-state index contributed by atoms with van der Waals surface area (Å²) < 4.78 is 11.6. The van der Waals surface area contributed by atoms with Crippen molar-refractivity contribution in [3.63, 3.8) is 0 Å². The Morgan fingerprint density at radius 3 is 2.97 bits per heavy atom. The van der Waals surface area contributed by atoms with Gasteiger partial charge in [-0.3, -0.25) is 9.78 Å². The summed E-state index contributed by atoms with van der Waals surface area (Å²) in [5.74, 6) is 0.503. The summed E-state index contributed by atoms with van der Waals surface area (Å²) in [7, 11) is 0. The van der Waals surface area contributed by atoms with Gasteiger partial charge in [-0.2, -0.15) is 0 Å². The second-order valence-electron chi connectivity index (χ2n) is 7.51. The van der Waals surface area contributed by atoms with Gasteiger partial charge < -0.3 is 19.7 Å². The molecule has 148 valence electrons. The van der Waals surface area contributed by atoms with Crippen LogP contribution in [-0.2, 0) is 16.0 Å². The lowest BCUT2D eigenvalue weighted by Crippen LogP contribution is -2.18. The Morgan fingerprint density at radius 2 is 2.14 bits per heavy atom. The van der Waals surface area contributed by atoms with E-state index in [-0.39, 0.29) is 12.0 Å². The van der Waals surface area contributed by atoms with Crippen LogP contribution in [0.5, 0.6) is 5.75 Å². The number of nitrogens with zero attached hydrogens (tertiary/aromatic N) is 2. The first-order chi connectivity index (χ1) is 14.2. The SMILES string of the molecule is CC(=O)Nc1cc2c(N3CCc4ccccc43)ccnc2cc1OC1CCOC1. The molecule has 2 aliphatic rings. The molecule has 1 amide bonds. The molecule has 0 spiro atoms. The highest BCUT2D eigenvalue weighted by atomic mass is 16.5. The molecule has 1 aromatic heterocycles. The smallest absolute Gasteiger partial charge is 0.221 e. The minimum atomic E-state index is -0.131. The second-order valence-corrected chi connectivity index (χ2v) is 7.51. The van der Waals surface area contributed by atoms with Crippen molar-refractivity contribution in [2.45, 2.75) is 25.9 Å². The molecule has 5 rings (SSSR count). The van der Waals surface area contributed by atoms with Crippen molar-refractivity contribution in [3.05, 3.63) is 54.2 Å². The van der Waals surface area contributed by atoms with E-state index < -0.39 is 0 Å². The van der Waals surface area contributed by atoms with E-state index in [1.54, 1.807) is 0 Å². The summed E-state index contributed by atoms with van der Waals surface area (Å²) in [6, 6.07) is 14.4. The third-order valence-electron chi connectivity index (χ3n) is 5.49. The van der Waals surface area contributed by atoms with E-state index in [2.05, 4.69) is 39.5 Å². The van der Waals surface area contributed by atoms with Crippen LogP contribution < -0.4 is 15.0 Å². The molecule has 1 N–H and O–H groups in total. The predicted molar refractivity (Wildman–Crippen MR) is 113 cm³/mol. The van der Waals surface area contributed by atoms with Crippen LogP contribution in [0, 0.1) is 0 Å². The molecule has 6 nitrogen and oxygen atoms in total. The molecular weight excluding hydrogens is 366 g/mol. The number of carbonyl (C=O) groups excluding carboxylic acids is 1. The maximum atomic E-state index is 11.8. The molecule has 0 saturated carbocycles. The van der Waals surface area contributed by atoms with E-state index in [9.17, 15) is 4.79 Å². The number of pyridine rings is 1. The summed E-state index contributed by atoms with van der Waals surface area (Å²) in [5.41, 5.74) is 5.17. The predicted octanol–water partition coefficient (Wildman–Crippen LogP) is 4.06. The molecule has 2 aromatic carbocycles. The number of anilines is 3. The van der Waals surface area contributed by atoms with Gasteiger partial charge in [0.1, 0.15) is 11.9 Å². The molecule has 1 saturated heterocycles. The lowest BCUT2D eigenvalue weighted by molar-refractivity contribution is -0.114. The van der Waals surface area contributed by atoms with Crippen molar-refractivity contribution in [1.29, 1.82) is 0 Å². The van der Waals surface area contributed by atoms with Gasteiger partial charge in [-0.15, -0.1) is 0 Å². The Kier molecular flexibility index (Phi) is 4.56. The van der Waals surface area contributed by atoms with Crippen LogP contribution in [0.1, 0.15) is 18.9 Å². The molecule has 2 aliphatic heterocycles.